The molecular formula is C24H26N2O7. The Morgan fingerprint density at radius 2 is 1.88 bits per heavy atom. The summed E-state index contributed by atoms with van der Waals surface area (Å²) in [6.45, 7) is 1.83. The van der Waals surface area contributed by atoms with E-state index in [4.69, 9.17) is 5.73 Å². The number of nitrogens with zero attached hydrogens (tertiary/aromatic N) is 1. The summed E-state index contributed by atoms with van der Waals surface area (Å²) >= 11 is 0. The molecule has 0 spiro atoms. The maximum absolute atomic E-state index is 13.7. The van der Waals surface area contributed by atoms with E-state index < -0.39 is 58.0 Å². The van der Waals surface area contributed by atoms with E-state index in [-0.39, 0.29) is 29.7 Å². The van der Waals surface area contributed by atoms with Crippen LogP contribution < -0.4 is 5.73 Å². The molecule has 33 heavy (non-hydrogen) atoms. The van der Waals surface area contributed by atoms with Crippen LogP contribution in [0.5, 0.6) is 5.75 Å². The second kappa shape index (κ2) is 7.57. The zero-order valence-electron chi connectivity index (χ0n) is 18.5. The fourth-order valence-corrected chi connectivity index (χ4v) is 5.60. The molecule has 1 fully saturated rings. The van der Waals surface area contributed by atoms with Gasteiger partial charge in [-0.25, -0.2) is 0 Å². The zero-order chi connectivity index (χ0) is 24.4. The van der Waals surface area contributed by atoms with Gasteiger partial charge in [0.2, 0.25) is 5.78 Å². The Bertz CT molecular complexity index is 1190. The van der Waals surface area contributed by atoms with Crippen molar-refractivity contribution in [2.24, 2.45) is 17.6 Å². The summed E-state index contributed by atoms with van der Waals surface area (Å²) in [5.41, 5.74) is 3.18. The van der Waals surface area contributed by atoms with Gasteiger partial charge in [-0.3, -0.25) is 19.3 Å². The van der Waals surface area contributed by atoms with Crippen molar-refractivity contribution in [1.29, 1.82) is 0 Å². The van der Waals surface area contributed by atoms with Gasteiger partial charge >= 0.3 is 0 Å². The zero-order valence-corrected chi connectivity index (χ0v) is 18.5. The lowest BCUT2D eigenvalue weighted by Gasteiger charge is -2.50. The number of Topliss-reactive ketones (excluding diaryl/α,β-unsaturated/α-hetero) is 2. The van der Waals surface area contributed by atoms with Crippen molar-refractivity contribution in [3.05, 3.63) is 51.8 Å². The molecule has 1 aromatic carbocycles. The predicted molar refractivity (Wildman–Crippen MR) is 119 cm³/mol. The van der Waals surface area contributed by atoms with E-state index >= 15 is 0 Å². The fourth-order valence-electron chi connectivity index (χ4n) is 5.60. The first kappa shape index (κ1) is 22.8. The first-order chi connectivity index (χ1) is 15.5. The molecule has 6 N–H and O–H groups in total. The highest BCUT2D eigenvalue weighted by molar-refractivity contribution is 6.24. The van der Waals surface area contributed by atoms with Gasteiger partial charge in [-0.15, -0.1) is 0 Å². The third kappa shape index (κ3) is 2.96. The molecular weight excluding hydrogens is 428 g/mol. The predicted octanol–water partition coefficient (Wildman–Crippen LogP) is 0.997. The van der Waals surface area contributed by atoms with Crippen molar-refractivity contribution < 1.29 is 34.8 Å². The SMILES string of the molecule is C/C=C/c1ccc(O)c2c1C[C@H]1C[C@H]3[C@H](N(C)C)C(=O)C(C(N)=O)=C(O)[C@@]3(O)C(=O)C1=C2O. The Balaban J connectivity index is 1.99. The summed E-state index contributed by atoms with van der Waals surface area (Å²) < 4.78 is 0. The fraction of sp³-hybridized carbons (Fsp3) is 0.375. The van der Waals surface area contributed by atoms with E-state index in [1.807, 2.05) is 19.1 Å². The first-order valence-electron chi connectivity index (χ1n) is 10.6. The van der Waals surface area contributed by atoms with Crippen molar-refractivity contribution in [3.63, 3.8) is 0 Å². The van der Waals surface area contributed by atoms with Gasteiger partial charge in [-0.1, -0.05) is 18.2 Å². The average molecular weight is 454 g/mol. The number of phenolic OH excluding ortho intramolecular Hbond substituents is 1. The quantitative estimate of drug-likeness (QED) is 0.423. The number of likely N-dealkylation sites (N-methyl/N-ethyl adjacent to an activating group) is 1. The summed E-state index contributed by atoms with van der Waals surface area (Å²) in [5.74, 6) is -6.53. The number of phenols is 1. The van der Waals surface area contributed by atoms with Crippen LogP contribution in [-0.4, -0.2) is 68.5 Å². The van der Waals surface area contributed by atoms with Gasteiger partial charge < -0.3 is 26.2 Å². The molecule has 174 valence electrons. The maximum Gasteiger partial charge on any atom is 0.255 e. The molecule has 0 saturated heterocycles. The highest BCUT2D eigenvalue weighted by Crippen LogP contribution is 2.52. The molecule has 0 radical (unpaired) electrons. The summed E-state index contributed by atoms with van der Waals surface area (Å²) in [7, 11) is 3.13. The molecule has 3 aliphatic carbocycles. The van der Waals surface area contributed by atoms with Gasteiger partial charge in [0.15, 0.2) is 11.4 Å². The van der Waals surface area contributed by atoms with Crippen LogP contribution in [0.2, 0.25) is 0 Å². The molecule has 0 aromatic heterocycles. The number of carbonyl (C=O) groups excluding carboxylic acids is 3. The molecule has 9 heteroatoms. The number of amides is 1. The topological polar surface area (TPSA) is 161 Å². The number of ketones is 2. The summed E-state index contributed by atoms with van der Waals surface area (Å²) in [6, 6.07) is 2.01. The molecule has 9 nitrogen and oxygen atoms in total. The number of rotatable bonds is 3. The number of aliphatic hydroxyl groups is 3. The van der Waals surface area contributed by atoms with Crippen LogP contribution in [0.4, 0.5) is 0 Å². The number of aromatic hydroxyl groups is 1. The third-order valence-electron chi connectivity index (χ3n) is 6.99. The van der Waals surface area contributed by atoms with Crippen molar-refractivity contribution >= 4 is 29.3 Å². The maximum atomic E-state index is 13.7. The molecule has 0 unspecified atom stereocenters. The van der Waals surface area contributed by atoms with E-state index in [2.05, 4.69) is 0 Å². The lowest BCUT2D eigenvalue weighted by molar-refractivity contribution is -0.153. The van der Waals surface area contributed by atoms with Crippen molar-refractivity contribution in [3.8, 4) is 5.75 Å². The Kier molecular flexibility index (Phi) is 5.22. The minimum Gasteiger partial charge on any atom is -0.508 e. The highest BCUT2D eigenvalue weighted by Gasteiger charge is 2.64. The summed E-state index contributed by atoms with van der Waals surface area (Å²) in [4.78, 5) is 40.2. The van der Waals surface area contributed by atoms with Gasteiger partial charge in [0.25, 0.3) is 5.91 Å². The average Bonchev–Trinajstić information content (AvgIpc) is 2.72. The monoisotopic (exact) mass is 454 g/mol. The van der Waals surface area contributed by atoms with Crippen molar-refractivity contribution in [2.45, 2.75) is 31.4 Å². The van der Waals surface area contributed by atoms with Gasteiger partial charge in [0.1, 0.15) is 22.8 Å². The Labute approximate surface area is 190 Å². The first-order valence-corrected chi connectivity index (χ1v) is 10.6. The molecule has 1 aromatic rings. The standard InChI is InChI=1S/C24H26N2O7/c1-4-5-10-6-7-14(27)16-12(10)8-11-9-13-18(26(2)3)20(29)17(23(25)32)22(31)24(13,33)21(30)15(11)19(16)28/h4-7,11,13,18,27-28,31,33H,8-9H2,1-3H3,(H2,25,32)/b5-4+/t11-,13-,18-,24-/m0/s1. The van der Waals surface area contributed by atoms with Crippen molar-refractivity contribution in [2.75, 3.05) is 14.1 Å². The number of hydrogen-bond donors (Lipinski definition) is 5. The molecule has 1 saturated carbocycles. The Morgan fingerprint density at radius 3 is 2.45 bits per heavy atom. The molecule has 1 amide bonds. The third-order valence-corrected chi connectivity index (χ3v) is 6.99. The van der Waals surface area contributed by atoms with Crippen LogP contribution >= 0.6 is 0 Å². The Hall–Kier alpha value is -3.43. The number of benzene rings is 1. The van der Waals surface area contributed by atoms with Crippen LogP contribution in [0.25, 0.3) is 11.8 Å². The molecule has 0 aliphatic heterocycles. The van der Waals surface area contributed by atoms with Gasteiger partial charge in [0.05, 0.1) is 11.6 Å². The number of carbonyl (C=O) groups is 3. The number of fused-ring (bicyclic) bond motifs is 3. The molecule has 0 heterocycles. The minimum absolute atomic E-state index is 0.0662. The van der Waals surface area contributed by atoms with Crippen LogP contribution in [0, 0.1) is 11.8 Å². The smallest absolute Gasteiger partial charge is 0.255 e. The number of nitrogens with two attached hydrogens (primary N) is 1. The number of allylic oxidation sites excluding steroid dienone is 1. The van der Waals surface area contributed by atoms with Crippen LogP contribution in [0.3, 0.4) is 0 Å². The van der Waals surface area contributed by atoms with E-state index in [0.717, 1.165) is 5.56 Å². The van der Waals surface area contributed by atoms with Crippen LogP contribution in [0.1, 0.15) is 30.0 Å². The second-order valence-electron chi connectivity index (χ2n) is 8.99. The van der Waals surface area contributed by atoms with Crippen LogP contribution in [-0.2, 0) is 20.8 Å². The van der Waals surface area contributed by atoms with Crippen molar-refractivity contribution in [1.82, 2.24) is 4.90 Å². The molecule has 4 rings (SSSR count). The normalized spacial score (nSPS) is 29.4. The number of primary amides is 1. The minimum atomic E-state index is -2.62. The van der Waals surface area contributed by atoms with Gasteiger partial charge in [-0.05, 0) is 57.0 Å². The highest BCUT2D eigenvalue weighted by atomic mass is 16.3. The van der Waals surface area contributed by atoms with E-state index in [0.29, 0.717) is 5.56 Å². The van der Waals surface area contributed by atoms with Gasteiger partial charge in [0, 0.05) is 11.5 Å². The summed E-state index contributed by atoms with van der Waals surface area (Å²) in [5, 5.41) is 43.9. The Morgan fingerprint density at radius 1 is 1.21 bits per heavy atom. The number of hydrogen-bond acceptors (Lipinski definition) is 8. The van der Waals surface area contributed by atoms with E-state index in [1.54, 1.807) is 20.2 Å². The number of aliphatic hydroxyl groups excluding tert-OH is 2. The largest absolute Gasteiger partial charge is 0.508 e. The van der Waals surface area contributed by atoms with Gasteiger partial charge in [-0.2, -0.15) is 0 Å². The lowest BCUT2D eigenvalue weighted by Crippen LogP contribution is -2.65. The van der Waals surface area contributed by atoms with Crippen LogP contribution in [0.15, 0.2) is 35.1 Å². The molecule has 4 atom stereocenters. The molecule has 3 aliphatic rings. The van der Waals surface area contributed by atoms with E-state index in [9.17, 15) is 34.8 Å². The van der Waals surface area contributed by atoms with E-state index in [1.165, 1.54) is 11.0 Å². The lowest BCUT2D eigenvalue weighted by atomic mass is 9.57. The summed E-state index contributed by atoms with van der Waals surface area (Å²) in [6.07, 6.45) is 3.96. The second-order valence-corrected chi connectivity index (χ2v) is 8.99. The molecule has 0 bridgehead atoms.